The van der Waals surface area contributed by atoms with E-state index in [1.807, 2.05) is 24.6 Å². The summed E-state index contributed by atoms with van der Waals surface area (Å²) in [5.74, 6) is 5.47. The lowest BCUT2D eigenvalue weighted by Gasteiger charge is -2.09. The molecular weight excluding hydrogens is 286 g/mol. The minimum absolute atomic E-state index is 0.212. The fraction of sp³-hybridized carbons (Fsp3) is 0.188. The Hall–Kier alpha value is -2.22. The van der Waals surface area contributed by atoms with Crippen LogP contribution in [0.5, 0.6) is 0 Å². The first-order valence-corrected chi connectivity index (χ1v) is 6.83. The number of amides is 1. The lowest BCUT2D eigenvalue weighted by atomic mass is 10.2. The van der Waals surface area contributed by atoms with E-state index in [1.165, 1.54) is 0 Å². The maximum atomic E-state index is 12.3. The molecule has 0 aliphatic carbocycles. The summed E-state index contributed by atoms with van der Waals surface area (Å²) < 4.78 is 1.82. The summed E-state index contributed by atoms with van der Waals surface area (Å²) in [5, 5.41) is 3.27. The SMILES string of the molecule is Cc1ccc(C(=O)Nc2cc(C#CCN)ccc2Cl)n1C. The quantitative estimate of drug-likeness (QED) is 0.838. The molecule has 0 spiro atoms. The van der Waals surface area contributed by atoms with E-state index in [2.05, 4.69) is 17.2 Å². The number of aryl methyl sites for hydroxylation is 1. The summed E-state index contributed by atoms with van der Waals surface area (Å²) in [6.45, 7) is 2.22. The second-order valence-corrected chi connectivity index (χ2v) is 4.98. The average Bonchev–Trinajstić information content (AvgIpc) is 2.80. The van der Waals surface area contributed by atoms with Crippen LogP contribution in [-0.2, 0) is 7.05 Å². The van der Waals surface area contributed by atoms with Gasteiger partial charge in [0.25, 0.3) is 5.91 Å². The van der Waals surface area contributed by atoms with Gasteiger partial charge in [-0.1, -0.05) is 23.4 Å². The topological polar surface area (TPSA) is 60.1 Å². The van der Waals surface area contributed by atoms with Crippen molar-refractivity contribution >= 4 is 23.2 Å². The molecule has 1 amide bonds. The highest BCUT2D eigenvalue weighted by Gasteiger charge is 2.12. The Kier molecular flexibility index (Phi) is 4.69. The molecule has 0 saturated carbocycles. The number of carbonyl (C=O) groups excluding carboxylic acids is 1. The van der Waals surface area contributed by atoms with E-state index in [4.69, 9.17) is 17.3 Å². The van der Waals surface area contributed by atoms with Crippen LogP contribution >= 0.6 is 11.6 Å². The van der Waals surface area contributed by atoms with Crippen molar-refractivity contribution in [2.24, 2.45) is 12.8 Å². The number of hydrogen-bond donors (Lipinski definition) is 2. The van der Waals surface area contributed by atoms with E-state index < -0.39 is 0 Å². The maximum absolute atomic E-state index is 12.3. The van der Waals surface area contributed by atoms with Crippen LogP contribution in [0.15, 0.2) is 30.3 Å². The Morgan fingerprint density at radius 2 is 2.14 bits per heavy atom. The van der Waals surface area contributed by atoms with Gasteiger partial charge in [-0.2, -0.15) is 0 Å². The summed E-state index contributed by atoms with van der Waals surface area (Å²) in [6, 6.07) is 8.89. The standard InChI is InChI=1S/C16H16ClN3O/c1-11-5-8-15(20(11)2)16(21)19-14-10-12(4-3-9-18)6-7-13(14)17/h5-8,10H,9,18H2,1-2H3,(H,19,21). The van der Waals surface area contributed by atoms with Gasteiger partial charge in [-0.15, -0.1) is 0 Å². The van der Waals surface area contributed by atoms with Crippen molar-refractivity contribution < 1.29 is 4.79 Å². The first-order chi connectivity index (χ1) is 10.0. The lowest BCUT2D eigenvalue weighted by molar-refractivity contribution is 0.101. The van der Waals surface area contributed by atoms with Crippen LogP contribution in [0.4, 0.5) is 5.69 Å². The Morgan fingerprint density at radius 1 is 1.38 bits per heavy atom. The van der Waals surface area contributed by atoms with Gasteiger partial charge in [0.05, 0.1) is 17.3 Å². The number of benzene rings is 1. The molecule has 3 N–H and O–H groups in total. The molecule has 2 rings (SSSR count). The molecule has 108 valence electrons. The molecule has 1 aromatic heterocycles. The fourth-order valence-electron chi connectivity index (χ4n) is 1.88. The normalized spacial score (nSPS) is 9.90. The molecule has 5 heteroatoms. The van der Waals surface area contributed by atoms with Crippen LogP contribution in [0.25, 0.3) is 0 Å². The van der Waals surface area contributed by atoms with Crippen LogP contribution in [0.2, 0.25) is 5.02 Å². The van der Waals surface area contributed by atoms with Crippen molar-refractivity contribution in [1.29, 1.82) is 0 Å². The number of nitrogens with one attached hydrogen (secondary N) is 1. The van der Waals surface area contributed by atoms with E-state index in [9.17, 15) is 4.79 Å². The minimum atomic E-state index is -0.212. The molecule has 0 bridgehead atoms. The molecule has 1 aromatic carbocycles. The number of aromatic nitrogens is 1. The van der Waals surface area contributed by atoms with Crippen LogP contribution in [0, 0.1) is 18.8 Å². The monoisotopic (exact) mass is 301 g/mol. The molecule has 0 saturated heterocycles. The summed E-state index contributed by atoms with van der Waals surface area (Å²) in [7, 11) is 1.84. The fourth-order valence-corrected chi connectivity index (χ4v) is 2.04. The molecule has 0 unspecified atom stereocenters. The predicted molar refractivity (Wildman–Crippen MR) is 85.5 cm³/mol. The second-order valence-electron chi connectivity index (χ2n) is 4.57. The minimum Gasteiger partial charge on any atom is -0.344 e. The number of anilines is 1. The van der Waals surface area contributed by atoms with Crippen LogP contribution in [0.1, 0.15) is 21.7 Å². The first kappa shape index (κ1) is 15.2. The second kappa shape index (κ2) is 6.49. The van der Waals surface area contributed by atoms with Crippen molar-refractivity contribution in [3.8, 4) is 11.8 Å². The summed E-state index contributed by atoms with van der Waals surface area (Å²) in [4.78, 5) is 12.3. The van der Waals surface area contributed by atoms with Gasteiger partial charge < -0.3 is 15.6 Å². The number of halogens is 1. The van der Waals surface area contributed by atoms with Crippen LogP contribution < -0.4 is 11.1 Å². The Morgan fingerprint density at radius 3 is 2.76 bits per heavy atom. The van der Waals surface area contributed by atoms with E-state index >= 15 is 0 Å². The highest BCUT2D eigenvalue weighted by atomic mass is 35.5. The van der Waals surface area contributed by atoms with Crippen LogP contribution in [-0.4, -0.2) is 17.0 Å². The predicted octanol–water partition coefficient (Wildman–Crippen LogP) is 2.55. The van der Waals surface area contributed by atoms with E-state index in [0.717, 1.165) is 11.3 Å². The zero-order valence-corrected chi connectivity index (χ0v) is 12.7. The summed E-state index contributed by atoms with van der Waals surface area (Å²) in [5.41, 5.74) is 8.21. The first-order valence-electron chi connectivity index (χ1n) is 6.45. The molecule has 4 nitrogen and oxygen atoms in total. The van der Waals surface area contributed by atoms with Crippen molar-refractivity contribution in [2.75, 3.05) is 11.9 Å². The van der Waals surface area contributed by atoms with Crippen molar-refractivity contribution in [3.63, 3.8) is 0 Å². The molecule has 0 radical (unpaired) electrons. The van der Waals surface area contributed by atoms with E-state index in [1.54, 1.807) is 24.3 Å². The summed E-state index contributed by atoms with van der Waals surface area (Å²) in [6.07, 6.45) is 0. The van der Waals surface area contributed by atoms with Gasteiger partial charge in [0, 0.05) is 18.3 Å². The zero-order valence-electron chi connectivity index (χ0n) is 11.9. The van der Waals surface area contributed by atoms with Gasteiger partial charge in [-0.05, 0) is 37.3 Å². The molecule has 0 atom stereocenters. The molecule has 21 heavy (non-hydrogen) atoms. The average molecular weight is 302 g/mol. The third kappa shape index (κ3) is 3.46. The van der Waals surface area contributed by atoms with Gasteiger partial charge in [0.15, 0.2) is 0 Å². The van der Waals surface area contributed by atoms with Gasteiger partial charge >= 0.3 is 0 Å². The largest absolute Gasteiger partial charge is 0.344 e. The molecule has 0 aliphatic heterocycles. The van der Waals surface area contributed by atoms with Gasteiger partial charge in [0.2, 0.25) is 0 Å². The summed E-state index contributed by atoms with van der Waals surface area (Å²) >= 11 is 6.11. The number of hydrogen-bond acceptors (Lipinski definition) is 2. The third-order valence-electron chi connectivity index (χ3n) is 3.15. The third-order valence-corrected chi connectivity index (χ3v) is 3.48. The van der Waals surface area contributed by atoms with Gasteiger partial charge in [-0.25, -0.2) is 0 Å². The smallest absolute Gasteiger partial charge is 0.272 e. The number of carbonyl (C=O) groups is 1. The highest BCUT2D eigenvalue weighted by molar-refractivity contribution is 6.34. The Balaban J connectivity index is 2.26. The van der Waals surface area contributed by atoms with E-state index in [-0.39, 0.29) is 12.5 Å². The van der Waals surface area contributed by atoms with Crippen molar-refractivity contribution in [1.82, 2.24) is 4.57 Å². The Bertz CT molecular complexity index is 738. The van der Waals surface area contributed by atoms with Gasteiger partial charge in [-0.3, -0.25) is 4.79 Å². The maximum Gasteiger partial charge on any atom is 0.272 e. The van der Waals surface area contributed by atoms with Gasteiger partial charge in [0.1, 0.15) is 5.69 Å². The molecule has 0 fully saturated rings. The molecular formula is C16H16ClN3O. The molecule has 0 aliphatic rings. The lowest BCUT2D eigenvalue weighted by Crippen LogP contribution is -2.16. The zero-order chi connectivity index (χ0) is 15.4. The number of nitrogens with two attached hydrogens (primary N) is 1. The Labute approximate surface area is 128 Å². The highest BCUT2D eigenvalue weighted by Crippen LogP contribution is 2.23. The van der Waals surface area contributed by atoms with E-state index in [0.29, 0.717) is 16.4 Å². The number of rotatable bonds is 2. The molecule has 1 heterocycles. The number of nitrogens with zero attached hydrogens (tertiary/aromatic N) is 1. The van der Waals surface area contributed by atoms with Crippen molar-refractivity contribution in [3.05, 3.63) is 52.3 Å². The van der Waals surface area contributed by atoms with Crippen molar-refractivity contribution in [2.45, 2.75) is 6.92 Å². The molecule has 2 aromatic rings. The van der Waals surface area contributed by atoms with Crippen LogP contribution in [0.3, 0.4) is 0 Å².